The van der Waals surface area contributed by atoms with Crippen molar-refractivity contribution in [2.24, 2.45) is 0 Å². The van der Waals surface area contributed by atoms with Gasteiger partial charge in [-0.1, -0.05) is 0 Å². The van der Waals surface area contributed by atoms with Gasteiger partial charge in [0, 0.05) is 25.0 Å². The Bertz CT molecular complexity index is 603. The molecule has 1 aromatic rings. The number of morpholine rings is 1. The largest absolute Gasteiger partial charge is 0.378 e. The van der Waals surface area contributed by atoms with Crippen LogP contribution in [0.25, 0.3) is 0 Å². The Labute approximate surface area is 129 Å². The molecule has 6 nitrogen and oxygen atoms in total. The molecule has 1 fully saturated rings. The van der Waals surface area contributed by atoms with E-state index >= 15 is 0 Å². The number of ether oxygens (including phenoxy) is 1. The van der Waals surface area contributed by atoms with Crippen molar-refractivity contribution in [3.8, 4) is 0 Å². The van der Waals surface area contributed by atoms with Crippen molar-refractivity contribution in [2.45, 2.75) is 17.9 Å². The highest BCUT2D eigenvalue weighted by molar-refractivity contribution is 7.89. The lowest BCUT2D eigenvalue weighted by Gasteiger charge is -2.33. The first-order chi connectivity index (χ1) is 9.95. The Balaban J connectivity index is 2.24. The van der Waals surface area contributed by atoms with Gasteiger partial charge in [0.15, 0.2) is 0 Å². The van der Waals surface area contributed by atoms with Crippen molar-refractivity contribution in [3.63, 3.8) is 0 Å². The zero-order valence-corrected chi connectivity index (χ0v) is 13.2. The fourth-order valence-electron chi connectivity index (χ4n) is 2.13. The molecule has 0 radical (unpaired) electrons. The molecule has 1 N–H and O–H groups in total. The Hall–Kier alpha value is -1.15. The van der Waals surface area contributed by atoms with Gasteiger partial charge in [-0.15, -0.1) is 11.6 Å². The summed E-state index contributed by atoms with van der Waals surface area (Å²) in [6.07, 6.45) is 0. The fourth-order valence-corrected chi connectivity index (χ4v) is 4.06. The molecule has 1 aliphatic rings. The van der Waals surface area contributed by atoms with E-state index in [9.17, 15) is 13.2 Å². The van der Waals surface area contributed by atoms with Gasteiger partial charge >= 0.3 is 0 Å². The Morgan fingerprint density at radius 1 is 1.43 bits per heavy atom. The Morgan fingerprint density at radius 3 is 2.67 bits per heavy atom. The molecular formula is C13H17ClN2O4S. The summed E-state index contributed by atoms with van der Waals surface area (Å²) >= 11 is 5.82. The van der Waals surface area contributed by atoms with Gasteiger partial charge in [0.25, 0.3) is 0 Å². The SMILES string of the molecule is CC(=O)Nc1ccc(S(=O)(=O)N2CCOCC2CCl)cc1. The molecule has 0 saturated carbocycles. The number of rotatable bonds is 4. The van der Waals surface area contributed by atoms with Crippen LogP contribution in [0.2, 0.25) is 0 Å². The summed E-state index contributed by atoms with van der Waals surface area (Å²) in [5, 5.41) is 2.59. The summed E-state index contributed by atoms with van der Waals surface area (Å²) in [6.45, 7) is 2.33. The maximum atomic E-state index is 12.6. The van der Waals surface area contributed by atoms with E-state index in [1.54, 1.807) is 12.1 Å². The van der Waals surface area contributed by atoms with Gasteiger partial charge in [-0.2, -0.15) is 4.31 Å². The van der Waals surface area contributed by atoms with Crippen LogP contribution in [0.4, 0.5) is 5.69 Å². The standard InChI is InChI=1S/C13H17ClN2O4S/c1-10(17)15-11-2-4-13(5-3-11)21(18,19)16-6-7-20-9-12(16)8-14/h2-5,12H,6-9H2,1H3,(H,15,17). The number of nitrogens with one attached hydrogen (secondary N) is 1. The third kappa shape index (κ3) is 3.74. The minimum absolute atomic E-state index is 0.175. The quantitative estimate of drug-likeness (QED) is 0.843. The van der Waals surface area contributed by atoms with E-state index in [-0.39, 0.29) is 29.3 Å². The highest BCUT2D eigenvalue weighted by atomic mass is 35.5. The highest BCUT2D eigenvalue weighted by Gasteiger charge is 2.33. The molecule has 0 aromatic heterocycles. The van der Waals surface area contributed by atoms with Crippen molar-refractivity contribution >= 4 is 33.2 Å². The van der Waals surface area contributed by atoms with Crippen LogP contribution in [0.1, 0.15) is 6.92 Å². The van der Waals surface area contributed by atoms with Gasteiger partial charge in [-0.25, -0.2) is 8.42 Å². The third-order valence-electron chi connectivity index (χ3n) is 3.13. The Kier molecular flexibility index (Phi) is 5.21. The number of carbonyl (C=O) groups is 1. The van der Waals surface area contributed by atoms with Crippen LogP contribution < -0.4 is 5.32 Å². The molecule has 0 bridgehead atoms. The Morgan fingerprint density at radius 2 is 2.10 bits per heavy atom. The average Bonchev–Trinajstić information content (AvgIpc) is 2.47. The first kappa shape index (κ1) is 16.2. The third-order valence-corrected chi connectivity index (χ3v) is 5.46. The van der Waals surface area contributed by atoms with E-state index in [0.717, 1.165) is 0 Å². The van der Waals surface area contributed by atoms with Crippen LogP contribution in [-0.2, 0) is 19.6 Å². The fraction of sp³-hybridized carbons (Fsp3) is 0.462. The molecule has 1 aliphatic heterocycles. The van der Waals surface area contributed by atoms with Gasteiger partial charge in [0.1, 0.15) is 0 Å². The van der Waals surface area contributed by atoms with Crippen molar-refractivity contribution in [1.29, 1.82) is 0 Å². The van der Waals surface area contributed by atoms with E-state index in [1.807, 2.05) is 0 Å². The normalized spacial score (nSPS) is 20.2. The van der Waals surface area contributed by atoms with Crippen LogP contribution in [0.3, 0.4) is 0 Å². The van der Waals surface area contributed by atoms with Crippen molar-refractivity contribution in [2.75, 3.05) is 31.0 Å². The van der Waals surface area contributed by atoms with Crippen molar-refractivity contribution in [3.05, 3.63) is 24.3 Å². The van der Waals surface area contributed by atoms with E-state index in [0.29, 0.717) is 18.9 Å². The summed E-state index contributed by atoms with van der Waals surface area (Å²) in [5.41, 5.74) is 0.553. The van der Waals surface area contributed by atoms with Gasteiger partial charge in [0.2, 0.25) is 15.9 Å². The second-order valence-electron chi connectivity index (χ2n) is 4.70. The highest BCUT2D eigenvalue weighted by Crippen LogP contribution is 2.22. The van der Waals surface area contributed by atoms with Crippen molar-refractivity contribution < 1.29 is 17.9 Å². The van der Waals surface area contributed by atoms with Crippen LogP contribution in [-0.4, -0.2) is 50.3 Å². The van der Waals surface area contributed by atoms with Gasteiger partial charge < -0.3 is 10.1 Å². The summed E-state index contributed by atoms with van der Waals surface area (Å²) < 4.78 is 31.9. The first-order valence-corrected chi connectivity index (χ1v) is 8.46. The molecule has 1 heterocycles. The maximum Gasteiger partial charge on any atom is 0.243 e. The molecule has 2 rings (SSSR count). The molecule has 21 heavy (non-hydrogen) atoms. The number of sulfonamides is 1. The van der Waals surface area contributed by atoms with Crippen LogP contribution in [0.5, 0.6) is 0 Å². The molecule has 8 heteroatoms. The monoisotopic (exact) mass is 332 g/mol. The van der Waals surface area contributed by atoms with E-state index in [4.69, 9.17) is 16.3 Å². The number of amides is 1. The summed E-state index contributed by atoms with van der Waals surface area (Å²) in [6, 6.07) is 5.71. The molecule has 1 saturated heterocycles. The molecule has 1 aromatic carbocycles. The van der Waals surface area contributed by atoms with E-state index in [2.05, 4.69) is 5.32 Å². The topological polar surface area (TPSA) is 75.7 Å². The predicted molar refractivity (Wildman–Crippen MR) is 80.0 cm³/mol. The second-order valence-corrected chi connectivity index (χ2v) is 6.90. The maximum absolute atomic E-state index is 12.6. The number of carbonyl (C=O) groups excluding carboxylic acids is 1. The van der Waals surface area contributed by atoms with Crippen LogP contribution >= 0.6 is 11.6 Å². The molecule has 0 spiro atoms. The second kappa shape index (κ2) is 6.74. The zero-order valence-electron chi connectivity index (χ0n) is 11.6. The number of anilines is 1. The number of nitrogens with zero attached hydrogens (tertiary/aromatic N) is 1. The molecular weight excluding hydrogens is 316 g/mol. The lowest BCUT2D eigenvalue weighted by Crippen LogP contribution is -2.49. The van der Waals surface area contributed by atoms with E-state index < -0.39 is 10.0 Å². The van der Waals surface area contributed by atoms with Gasteiger partial charge in [-0.3, -0.25) is 4.79 Å². The molecule has 0 aliphatic carbocycles. The number of benzene rings is 1. The minimum Gasteiger partial charge on any atom is -0.378 e. The zero-order chi connectivity index (χ0) is 15.5. The number of halogens is 1. The summed E-state index contributed by atoms with van der Waals surface area (Å²) in [4.78, 5) is 11.1. The number of hydrogen-bond donors (Lipinski definition) is 1. The number of alkyl halides is 1. The van der Waals surface area contributed by atoms with Gasteiger partial charge in [0.05, 0.1) is 24.2 Å². The minimum atomic E-state index is -3.61. The molecule has 1 atom stereocenters. The predicted octanol–water partition coefficient (Wildman–Crippen LogP) is 1.27. The van der Waals surface area contributed by atoms with Gasteiger partial charge in [-0.05, 0) is 24.3 Å². The number of hydrogen-bond acceptors (Lipinski definition) is 4. The van der Waals surface area contributed by atoms with E-state index in [1.165, 1.54) is 23.4 Å². The lowest BCUT2D eigenvalue weighted by molar-refractivity contribution is -0.114. The molecule has 116 valence electrons. The smallest absolute Gasteiger partial charge is 0.243 e. The molecule has 1 unspecified atom stereocenters. The lowest BCUT2D eigenvalue weighted by atomic mass is 10.3. The van der Waals surface area contributed by atoms with Crippen LogP contribution in [0, 0.1) is 0 Å². The van der Waals surface area contributed by atoms with Crippen molar-refractivity contribution in [1.82, 2.24) is 4.31 Å². The summed E-state index contributed by atoms with van der Waals surface area (Å²) in [5.74, 6) is -0.0237. The summed E-state index contributed by atoms with van der Waals surface area (Å²) in [7, 11) is -3.61. The first-order valence-electron chi connectivity index (χ1n) is 6.48. The van der Waals surface area contributed by atoms with Crippen LogP contribution in [0.15, 0.2) is 29.2 Å². The molecule has 1 amide bonds. The average molecular weight is 333 g/mol.